The minimum Gasteiger partial charge on any atom is -0.497 e. The van der Waals surface area contributed by atoms with Gasteiger partial charge in [0.25, 0.3) is 0 Å². The van der Waals surface area contributed by atoms with E-state index in [1.54, 1.807) is 18.2 Å². The van der Waals surface area contributed by atoms with Gasteiger partial charge >= 0.3 is 6.18 Å². The molecule has 0 saturated carbocycles. The summed E-state index contributed by atoms with van der Waals surface area (Å²) in [5, 5.41) is 5.68. The third kappa shape index (κ3) is 5.29. The third-order valence-electron chi connectivity index (χ3n) is 4.17. The molecule has 2 aromatic carbocycles. The van der Waals surface area contributed by atoms with Gasteiger partial charge in [-0.1, -0.05) is 52.8 Å². The maximum atomic E-state index is 13.4. The average molecular weight is 479 g/mol. The number of ether oxygens (including phenoxy) is 1. The molecule has 1 aromatic heterocycles. The highest BCUT2D eigenvalue weighted by molar-refractivity contribution is 9.10. The number of nitrogens with zero attached hydrogens (tertiary/aromatic N) is 2. The Balaban J connectivity index is 1.88. The monoisotopic (exact) mass is 478 g/mol. The number of nitrogens with one attached hydrogen (secondary N) is 2. The number of benzene rings is 2. The van der Waals surface area contributed by atoms with Gasteiger partial charge in [-0.25, -0.2) is 4.98 Å². The van der Waals surface area contributed by atoms with E-state index in [2.05, 4.69) is 43.1 Å². The molecule has 0 aliphatic heterocycles. The first kappa shape index (κ1) is 21.6. The van der Waals surface area contributed by atoms with Crippen LogP contribution in [0.1, 0.15) is 16.7 Å². The molecule has 9 heteroatoms. The SMILES string of the molecule is C=C(OC)c1cc(Nc2ncc(C(F)(F)F)c(NCc3ccccc3)n2)ccc1Br. The van der Waals surface area contributed by atoms with E-state index in [4.69, 9.17) is 4.74 Å². The molecule has 0 aliphatic rings. The Labute approximate surface area is 180 Å². The zero-order valence-electron chi connectivity index (χ0n) is 15.9. The fraction of sp³-hybridized carbons (Fsp3) is 0.143. The first-order valence-corrected chi connectivity index (χ1v) is 9.59. The Morgan fingerprint density at radius 1 is 1.17 bits per heavy atom. The summed E-state index contributed by atoms with van der Waals surface area (Å²) in [5.41, 5.74) is 1.15. The van der Waals surface area contributed by atoms with Crippen LogP contribution in [0.3, 0.4) is 0 Å². The van der Waals surface area contributed by atoms with Crippen LogP contribution in [-0.4, -0.2) is 17.1 Å². The molecule has 30 heavy (non-hydrogen) atoms. The molecule has 0 unspecified atom stereocenters. The van der Waals surface area contributed by atoms with Crippen LogP contribution in [0.5, 0.6) is 0 Å². The fourth-order valence-corrected chi connectivity index (χ4v) is 3.09. The van der Waals surface area contributed by atoms with Crippen LogP contribution in [-0.2, 0) is 17.5 Å². The van der Waals surface area contributed by atoms with Crippen molar-refractivity contribution in [2.45, 2.75) is 12.7 Å². The summed E-state index contributed by atoms with van der Waals surface area (Å²) in [4.78, 5) is 7.87. The van der Waals surface area contributed by atoms with E-state index in [0.717, 1.165) is 16.2 Å². The Kier molecular flexibility index (Phi) is 6.61. The smallest absolute Gasteiger partial charge is 0.421 e. The zero-order chi connectivity index (χ0) is 21.7. The summed E-state index contributed by atoms with van der Waals surface area (Å²) in [7, 11) is 1.50. The van der Waals surface area contributed by atoms with Crippen molar-refractivity contribution < 1.29 is 17.9 Å². The lowest BCUT2D eigenvalue weighted by atomic mass is 10.2. The molecule has 0 fully saturated rings. The third-order valence-corrected chi connectivity index (χ3v) is 4.86. The minimum atomic E-state index is -4.58. The summed E-state index contributed by atoms with van der Waals surface area (Å²) < 4.78 is 46.1. The molecular weight excluding hydrogens is 461 g/mol. The number of methoxy groups -OCH3 is 1. The Hall–Kier alpha value is -3.07. The van der Waals surface area contributed by atoms with Gasteiger partial charge in [0.2, 0.25) is 5.95 Å². The lowest BCUT2D eigenvalue weighted by Crippen LogP contribution is -2.14. The quantitative estimate of drug-likeness (QED) is 0.394. The van der Waals surface area contributed by atoms with Gasteiger partial charge in [-0.15, -0.1) is 0 Å². The maximum Gasteiger partial charge on any atom is 0.421 e. The van der Waals surface area contributed by atoms with Crippen molar-refractivity contribution in [1.29, 1.82) is 0 Å². The summed E-state index contributed by atoms with van der Waals surface area (Å²) in [6.45, 7) is 4.00. The summed E-state index contributed by atoms with van der Waals surface area (Å²) in [6.07, 6.45) is -3.82. The molecule has 156 valence electrons. The number of alkyl halides is 3. The molecule has 2 N–H and O–H groups in total. The molecule has 1 heterocycles. The van der Waals surface area contributed by atoms with Gasteiger partial charge in [-0.2, -0.15) is 18.2 Å². The molecule has 0 amide bonds. The number of hydrogen-bond acceptors (Lipinski definition) is 5. The highest BCUT2D eigenvalue weighted by Crippen LogP contribution is 2.34. The van der Waals surface area contributed by atoms with Crippen LogP contribution in [0.15, 0.2) is 65.8 Å². The molecule has 0 saturated heterocycles. The van der Waals surface area contributed by atoms with Crippen molar-refractivity contribution in [3.63, 3.8) is 0 Å². The highest BCUT2D eigenvalue weighted by atomic mass is 79.9. The molecule has 5 nitrogen and oxygen atoms in total. The number of anilines is 3. The van der Waals surface area contributed by atoms with Gasteiger partial charge in [0.05, 0.1) is 7.11 Å². The average Bonchev–Trinajstić information content (AvgIpc) is 2.73. The van der Waals surface area contributed by atoms with Gasteiger partial charge in [-0.05, 0) is 23.8 Å². The maximum absolute atomic E-state index is 13.4. The Morgan fingerprint density at radius 2 is 1.90 bits per heavy atom. The molecule has 0 aliphatic carbocycles. The van der Waals surface area contributed by atoms with Crippen molar-refractivity contribution in [1.82, 2.24) is 9.97 Å². The van der Waals surface area contributed by atoms with Crippen molar-refractivity contribution in [2.75, 3.05) is 17.7 Å². The molecule has 0 bridgehead atoms. The normalized spacial score (nSPS) is 11.1. The molecule has 0 radical (unpaired) electrons. The van der Waals surface area contributed by atoms with Crippen LogP contribution in [0.25, 0.3) is 5.76 Å². The largest absolute Gasteiger partial charge is 0.497 e. The Bertz CT molecular complexity index is 1040. The molecule has 0 atom stereocenters. The van der Waals surface area contributed by atoms with Crippen molar-refractivity contribution in [3.8, 4) is 0 Å². The molecule has 3 rings (SSSR count). The summed E-state index contributed by atoms with van der Waals surface area (Å²) in [6, 6.07) is 14.3. The second-order valence-corrected chi connectivity index (χ2v) is 7.09. The van der Waals surface area contributed by atoms with Gasteiger partial charge in [0, 0.05) is 28.5 Å². The number of aromatic nitrogens is 2. The second kappa shape index (κ2) is 9.17. The Morgan fingerprint density at radius 3 is 2.57 bits per heavy atom. The van der Waals surface area contributed by atoms with E-state index in [-0.39, 0.29) is 18.3 Å². The highest BCUT2D eigenvalue weighted by Gasteiger charge is 2.35. The van der Waals surface area contributed by atoms with E-state index in [1.807, 2.05) is 30.3 Å². The van der Waals surface area contributed by atoms with Crippen LogP contribution in [0.4, 0.5) is 30.6 Å². The molecular formula is C21H18BrF3N4O. The van der Waals surface area contributed by atoms with Crippen LogP contribution >= 0.6 is 15.9 Å². The fourth-order valence-electron chi connectivity index (χ4n) is 2.62. The van der Waals surface area contributed by atoms with E-state index in [9.17, 15) is 13.2 Å². The number of halogens is 4. The van der Waals surface area contributed by atoms with Crippen LogP contribution in [0.2, 0.25) is 0 Å². The summed E-state index contributed by atoms with van der Waals surface area (Å²) in [5.74, 6) is 0.154. The van der Waals surface area contributed by atoms with E-state index in [1.165, 1.54) is 7.11 Å². The van der Waals surface area contributed by atoms with Crippen LogP contribution < -0.4 is 10.6 Å². The minimum absolute atomic E-state index is 0.0230. The van der Waals surface area contributed by atoms with Crippen molar-refractivity contribution in [2.24, 2.45) is 0 Å². The predicted octanol–water partition coefficient (Wildman–Crippen LogP) is 6.23. The van der Waals surface area contributed by atoms with Gasteiger partial charge in [0.1, 0.15) is 17.1 Å². The van der Waals surface area contributed by atoms with Crippen molar-refractivity contribution >= 4 is 39.1 Å². The molecule has 0 spiro atoms. The topological polar surface area (TPSA) is 59.1 Å². The van der Waals surface area contributed by atoms with E-state index < -0.39 is 11.7 Å². The molecule has 3 aromatic rings. The van der Waals surface area contributed by atoms with Gasteiger partial charge < -0.3 is 15.4 Å². The standard InChI is InChI=1S/C21H18BrF3N4O/c1-13(30-2)16-10-15(8-9-18(16)22)28-20-27-12-17(21(23,24)25)19(29-20)26-11-14-6-4-3-5-7-14/h3-10,12H,1,11H2,2H3,(H2,26,27,28,29). The predicted molar refractivity (Wildman–Crippen MR) is 114 cm³/mol. The number of rotatable bonds is 7. The second-order valence-electron chi connectivity index (χ2n) is 6.24. The lowest BCUT2D eigenvalue weighted by molar-refractivity contribution is -0.137. The zero-order valence-corrected chi connectivity index (χ0v) is 17.5. The number of hydrogen-bond donors (Lipinski definition) is 2. The summed E-state index contributed by atoms with van der Waals surface area (Å²) >= 11 is 3.41. The first-order valence-electron chi connectivity index (χ1n) is 8.80. The van der Waals surface area contributed by atoms with E-state index in [0.29, 0.717) is 17.0 Å². The lowest BCUT2D eigenvalue weighted by Gasteiger charge is -2.15. The van der Waals surface area contributed by atoms with Gasteiger partial charge in [-0.3, -0.25) is 0 Å². The first-order chi connectivity index (χ1) is 14.3. The van der Waals surface area contributed by atoms with Crippen LogP contribution in [0, 0.1) is 0 Å². The van der Waals surface area contributed by atoms with Gasteiger partial charge in [0.15, 0.2) is 0 Å². The van der Waals surface area contributed by atoms with E-state index >= 15 is 0 Å². The van der Waals surface area contributed by atoms with Crippen molar-refractivity contribution in [3.05, 3.63) is 82.5 Å².